The van der Waals surface area contributed by atoms with Crippen LogP contribution < -0.4 is 9.47 Å². The van der Waals surface area contributed by atoms with Crippen molar-refractivity contribution in [1.82, 2.24) is 0 Å². The van der Waals surface area contributed by atoms with E-state index in [4.69, 9.17) is 9.47 Å². The highest BCUT2D eigenvalue weighted by atomic mass is 16.5. The van der Waals surface area contributed by atoms with E-state index < -0.39 is 0 Å². The van der Waals surface area contributed by atoms with Gasteiger partial charge in [-0.3, -0.25) is 4.79 Å². The van der Waals surface area contributed by atoms with Gasteiger partial charge in [-0.1, -0.05) is 73.3 Å². The van der Waals surface area contributed by atoms with Gasteiger partial charge in [0, 0.05) is 5.56 Å². The summed E-state index contributed by atoms with van der Waals surface area (Å²) in [6.45, 7) is 5.18. The summed E-state index contributed by atoms with van der Waals surface area (Å²) in [5.74, 6) is 1.76. The van der Waals surface area contributed by atoms with Gasteiger partial charge < -0.3 is 9.47 Å². The van der Waals surface area contributed by atoms with E-state index in [0.29, 0.717) is 12.2 Å². The smallest absolute Gasteiger partial charge is 0.185 e. The zero-order valence-electron chi connectivity index (χ0n) is 18.4. The third-order valence-electron chi connectivity index (χ3n) is 5.06. The van der Waals surface area contributed by atoms with E-state index in [2.05, 4.69) is 6.58 Å². The van der Waals surface area contributed by atoms with E-state index in [9.17, 15) is 4.79 Å². The van der Waals surface area contributed by atoms with Crippen molar-refractivity contribution >= 4 is 17.9 Å². The second-order valence-corrected chi connectivity index (χ2v) is 7.52. The van der Waals surface area contributed by atoms with Crippen molar-refractivity contribution in [3.05, 3.63) is 108 Å². The number of allylic oxidation sites excluding steroid dienone is 1. The molecule has 0 radical (unpaired) electrons. The Hall–Kier alpha value is -3.59. The molecule has 0 aliphatic rings. The molecule has 0 amide bonds. The van der Waals surface area contributed by atoms with Crippen LogP contribution in [0.15, 0.2) is 91.5 Å². The molecule has 0 aliphatic carbocycles. The van der Waals surface area contributed by atoms with Crippen LogP contribution in [-0.2, 0) is 0 Å². The molecule has 3 nitrogen and oxygen atoms in total. The third kappa shape index (κ3) is 7.92. The first-order chi connectivity index (χ1) is 15.7. The van der Waals surface area contributed by atoms with E-state index >= 15 is 0 Å². The molecular weight excluding hydrogens is 396 g/mol. The number of hydrogen-bond acceptors (Lipinski definition) is 3. The van der Waals surface area contributed by atoms with Gasteiger partial charge in [0.1, 0.15) is 11.5 Å². The first-order valence-corrected chi connectivity index (χ1v) is 11.1. The number of carbonyl (C=O) groups excluding carboxylic acids is 1. The van der Waals surface area contributed by atoms with E-state index in [1.165, 1.54) is 0 Å². The molecule has 0 aliphatic heterocycles. The molecule has 0 atom stereocenters. The summed E-state index contributed by atoms with van der Waals surface area (Å²) in [7, 11) is 0. The maximum absolute atomic E-state index is 12.1. The second kappa shape index (κ2) is 13.0. The normalized spacial score (nSPS) is 10.8. The van der Waals surface area contributed by atoms with Gasteiger partial charge in [-0.25, -0.2) is 0 Å². The predicted octanol–water partition coefficient (Wildman–Crippen LogP) is 7.24. The van der Waals surface area contributed by atoms with E-state index in [0.717, 1.165) is 54.9 Å². The molecule has 0 saturated carbocycles. The van der Waals surface area contributed by atoms with Crippen LogP contribution in [0.2, 0.25) is 0 Å². The van der Waals surface area contributed by atoms with Crippen LogP contribution in [0.5, 0.6) is 11.5 Å². The lowest BCUT2D eigenvalue weighted by molar-refractivity contribution is 0.104. The van der Waals surface area contributed by atoms with Crippen molar-refractivity contribution in [2.45, 2.75) is 25.7 Å². The van der Waals surface area contributed by atoms with Crippen molar-refractivity contribution in [2.24, 2.45) is 0 Å². The molecular formula is C29H30O3. The van der Waals surface area contributed by atoms with Gasteiger partial charge in [0.25, 0.3) is 0 Å². The minimum absolute atomic E-state index is 0.00178. The molecule has 0 fully saturated rings. The molecule has 32 heavy (non-hydrogen) atoms. The van der Waals surface area contributed by atoms with Crippen LogP contribution in [-0.4, -0.2) is 19.0 Å². The molecule has 3 rings (SSSR count). The zero-order valence-corrected chi connectivity index (χ0v) is 18.4. The standard InChI is InChI=1S/C29H30O3/c1-2-24-12-17-27(18-13-24)31-22-8-3-4-9-23-32-28-19-14-25(15-20-28)16-21-29(30)26-10-6-5-7-11-26/h2,5-7,10-21H,1,3-4,8-9,22-23H2/b21-16+. The lowest BCUT2D eigenvalue weighted by atomic mass is 10.1. The zero-order chi connectivity index (χ0) is 22.4. The summed E-state index contributed by atoms with van der Waals surface area (Å²) in [6.07, 6.45) is 9.54. The molecule has 0 bridgehead atoms. The fourth-order valence-corrected chi connectivity index (χ4v) is 3.18. The summed E-state index contributed by atoms with van der Waals surface area (Å²) in [5.41, 5.74) is 2.76. The molecule has 0 aromatic heterocycles. The fourth-order valence-electron chi connectivity index (χ4n) is 3.18. The van der Waals surface area contributed by atoms with Gasteiger partial charge in [0.2, 0.25) is 0 Å². The Kier molecular flexibility index (Phi) is 9.35. The van der Waals surface area contributed by atoms with Crippen LogP contribution in [0.3, 0.4) is 0 Å². The Morgan fingerprint density at radius 3 is 1.75 bits per heavy atom. The Morgan fingerprint density at radius 2 is 1.22 bits per heavy atom. The Bertz CT molecular complexity index is 987. The highest BCUT2D eigenvalue weighted by molar-refractivity contribution is 6.06. The molecule has 3 heteroatoms. The second-order valence-electron chi connectivity index (χ2n) is 7.52. The van der Waals surface area contributed by atoms with Gasteiger partial charge in [-0.2, -0.15) is 0 Å². The van der Waals surface area contributed by atoms with E-state index in [1.807, 2.05) is 91.0 Å². The van der Waals surface area contributed by atoms with Gasteiger partial charge in [0.15, 0.2) is 5.78 Å². The number of carbonyl (C=O) groups is 1. The number of hydrogen-bond donors (Lipinski definition) is 0. The van der Waals surface area contributed by atoms with Crippen molar-refractivity contribution in [3.63, 3.8) is 0 Å². The van der Waals surface area contributed by atoms with Gasteiger partial charge in [-0.15, -0.1) is 0 Å². The van der Waals surface area contributed by atoms with Gasteiger partial charge >= 0.3 is 0 Å². The first-order valence-electron chi connectivity index (χ1n) is 11.1. The topological polar surface area (TPSA) is 35.5 Å². The average Bonchev–Trinajstić information content (AvgIpc) is 2.85. The number of benzene rings is 3. The Morgan fingerprint density at radius 1 is 0.688 bits per heavy atom. The molecule has 0 spiro atoms. The van der Waals surface area contributed by atoms with Crippen molar-refractivity contribution in [2.75, 3.05) is 13.2 Å². The molecule has 0 unspecified atom stereocenters. The van der Waals surface area contributed by atoms with Crippen LogP contribution >= 0.6 is 0 Å². The van der Waals surface area contributed by atoms with Crippen LogP contribution in [0.25, 0.3) is 12.2 Å². The SMILES string of the molecule is C=Cc1ccc(OCCCCCCOc2ccc(/C=C/C(=O)c3ccccc3)cc2)cc1. The van der Waals surface area contributed by atoms with Crippen LogP contribution in [0.4, 0.5) is 0 Å². The largest absolute Gasteiger partial charge is 0.494 e. The average molecular weight is 427 g/mol. The highest BCUT2D eigenvalue weighted by Crippen LogP contribution is 2.16. The van der Waals surface area contributed by atoms with Crippen LogP contribution in [0, 0.1) is 0 Å². The third-order valence-corrected chi connectivity index (χ3v) is 5.06. The molecule has 3 aromatic carbocycles. The number of rotatable bonds is 13. The van der Waals surface area contributed by atoms with Gasteiger partial charge in [0.05, 0.1) is 13.2 Å². The molecule has 3 aromatic rings. The summed E-state index contributed by atoms with van der Waals surface area (Å²) in [6, 6.07) is 25.0. The monoisotopic (exact) mass is 426 g/mol. The maximum atomic E-state index is 12.1. The lowest BCUT2D eigenvalue weighted by Crippen LogP contribution is -2.00. The maximum Gasteiger partial charge on any atom is 0.185 e. The Balaban J connectivity index is 1.27. The predicted molar refractivity (Wildman–Crippen MR) is 132 cm³/mol. The van der Waals surface area contributed by atoms with Crippen LogP contribution in [0.1, 0.15) is 47.2 Å². The van der Waals surface area contributed by atoms with Crippen molar-refractivity contribution in [3.8, 4) is 11.5 Å². The van der Waals surface area contributed by atoms with Crippen molar-refractivity contribution in [1.29, 1.82) is 0 Å². The summed E-state index contributed by atoms with van der Waals surface area (Å²) in [5, 5.41) is 0. The highest BCUT2D eigenvalue weighted by Gasteiger charge is 2.00. The quantitative estimate of drug-likeness (QED) is 0.164. The molecule has 0 saturated heterocycles. The minimum Gasteiger partial charge on any atom is -0.494 e. The van der Waals surface area contributed by atoms with E-state index in [-0.39, 0.29) is 5.78 Å². The number of unbranched alkanes of at least 4 members (excludes halogenated alkanes) is 3. The van der Waals surface area contributed by atoms with Gasteiger partial charge in [-0.05, 0) is 67.2 Å². The Labute approximate surface area is 191 Å². The first kappa shape index (κ1) is 23.1. The summed E-state index contributed by atoms with van der Waals surface area (Å²) in [4.78, 5) is 12.1. The minimum atomic E-state index is 0.00178. The number of ketones is 1. The fraction of sp³-hybridized carbons (Fsp3) is 0.207. The number of ether oxygens (including phenoxy) is 2. The molecule has 164 valence electrons. The van der Waals surface area contributed by atoms with E-state index in [1.54, 1.807) is 6.08 Å². The lowest BCUT2D eigenvalue weighted by Gasteiger charge is -2.08. The molecule has 0 N–H and O–H groups in total. The van der Waals surface area contributed by atoms with Crippen molar-refractivity contribution < 1.29 is 14.3 Å². The summed E-state index contributed by atoms with van der Waals surface area (Å²) < 4.78 is 11.6. The molecule has 0 heterocycles. The summed E-state index contributed by atoms with van der Waals surface area (Å²) >= 11 is 0.